The minimum Gasteiger partial charge on any atom is -0.475 e. The highest BCUT2D eigenvalue weighted by Gasteiger charge is 2.22. The van der Waals surface area contributed by atoms with Crippen LogP contribution in [0, 0.1) is 0 Å². The molecule has 1 aliphatic heterocycles. The number of hydrogen-bond donors (Lipinski definition) is 3. The minimum atomic E-state index is -1.14. The maximum absolute atomic E-state index is 11.8. The standard InChI is InChI=1S/C12H16N2O5/c15-8-2-1-5-14(7-8)12(18)13-6-9-3-4-10(19-9)11(16)17/h3-4,8,15H,1-2,5-7H2,(H,13,18)(H,16,17). The van der Waals surface area contributed by atoms with Crippen molar-refractivity contribution >= 4 is 12.0 Å². The molecule has 7 heteroatoms. The van der Waals surface area contributed by atoms with Crippen LogP contribution in [0.4, 0.5) is 4.79 Å². The molecule has 2 heterocycles. The summed E-state index contributed by atoms with van der Waals surface area (Å²) in [5, 5.41) is 20.8. The molecule has 0 radical (unpaired) electrons. The van der Waals surface area contributed by atoms with Gasteiger partial charge in [-0.1, -0.05) is 0 Å². The predicted molar refractivity (Wildman–Crippen MR) is 64.7 cm³/mol. The van der Waals surface area contributed by atoms with E-state index in [1.54, 1.807) is 0 Å². The fourth-order valence-electron chi connectivity index (χ4n) is 2.00. The summed E-state index contributed by atoms with van der Waals surface area (Å²) >= 11 is 0. The molecule has 0 bridgehead atoms. The van der Waals surface area contributed by atoms with Gasteiger partial charge in [0, 0.05) is 13.1 Å². The number of carbonyl (C=O) groups is 2. The Morgan fingerprint density at radius 1 is 1.47 bits per heavy atom. The van der Waals surface area contributed by atoms with E-state index in [9.17, 15) is 14.7 Å². The number of piperidine rings is 1. The largest absolute Gasteiger partial charge is 0.475 e. The van der Waals surface area contributed by atoms with E-state index < -0.39 is 12.1 Å². The number of amides is 2. The number of aliphatic hydroxyl groups excluding tert-OH is 1. The van der Waals surface area contributed by atoms with Gasteiger partial charge in [-0.25, -0.2) is 9.59 Å². The monoisotopic (exact) mass is 268 g/mol. The molecule has 1 unspecified atom stereocenters. The quantitative estimate of drug-likeness (QED) is 0.746. The average molecular weight is 268 g/mol. The van der Waals surface area contributed by atoms with Crippen LogP contribution in [-0.4, -0.2) is 46.3 Å². The first kappa shape index (κ1) is 13.4. The van der Waals surface area contributed by atoms with Crippen LogP contribution in [0.15, 0.2) is 16.5 Å². The van der Waals surface area contributed by atoms with Crippen molar-refractivity contribution in [3.8, 4) is 0 Å². The Morgan fingerprint density at radius 2 is 2.26 bits per heavy atom. The Bertz CT molecular complexity index is 470. The Hall–Kier alpha value is -2.02. The van der Waals surface area contributed by atoms with Crippen molar-refractivity contribution in [2.75, 3.05) is 13.1 Å². The van der Waals surface area contributed by atoms with Crippen molar-refractivity contribution in [3.05, 3.63) is 23.7 Å². The molecule has 1 fully saturated rings. The summed E-state index contributed by atoms with van der Waals surface area (Å²) in [5.41, 5.74) is 0. The lowest BCUT2D eigenvalue weighted by molar-refractivity contribution is 0.0660. The fraction of sp³-hybridized carbons (Fsp3) is 0.500. The van der Waals surface area contributed by atoms with Gasteiger partial charge in [0.2, 0.25) is 5.76 Å². The van der Waals surface area contributed by atoms with Crippen molar-refractivity contribution in [3.63, 3.8) is 0 Å². The molecule has 1 aliphatic rings. The summed E-state index contributed by atoms with van der Waals surface area (Å²) in [4.78, 5) is 24.0. The fourth-order valence-corrected chi connectivity index (χ4v) is 2.00. The summed E-state index contributed by atoms with van der Waals surface area (Å²) in [6, 6.07) is 2.57. The third-order valence-electron chi connectivity index (χ3n) is 2.97. The highest BCUT2D eigenvalue weighted by molar-refractivity contribution is 5.84. The number of rotatable bonds is 3. The van der Waals surface area contributed by atoms with Crippen LogP contribution in [0.25, 0.3) is 0 Å². The number of nitrogens with zero attached hydrogens (tertiary/aromatic N) is 1. The Labute approximate surface area is 109 Å². The highest BCUT2D eigenvalue weighted by Crippen LogP contribution is 2.11. The van der Waals surface area contributed by atoms with Crippen LogP contribution < -0.4 is 5.32 Å². The average Bonchev–Trinajstić information content (AvgIpc) is 2.85. The number of nitrogens with one attached hydrogen (secondary N) is 1. The van der Waals surface area contributed by atoms with Gasteiger partial charge in [0.25, 0.3) is 0 Å². The summed E-state index contributed by atoms with van der Waals surface area (Å²) < 4.78 is 5.02. The molecule has 0 saturated carbocycles. The topological polar surface area (TPSA) is 103 Å². The molecule has 2 rings (SSSR count). The second kappa shape index (κ2) is 5.75. The van der Waals surface area contributed by atoms with Crippen molar-refractivity contribution in [2.24, 2.45) is 0 Å². The van der Waals surface area contributed by atoms with E-state index in [-0.39, 0.29) is 18.3 Å². The lowest BCUT2D eigenvalue weighted by Crippen LogP contribution is -2.46. The Kier molecular flexibility index (Phi) is 4.06. The van der Waals surface area contributed by atoms with Crippen LogP contribution in [0.2, 0.25) is 0 Å². The summed E-state index contributed by atoms with van der Waals surface area (Å²) in [7, 11) is 0. The molecule has 0 aromatic carbocycles. The lowest BCUT2D eigenvalue weighted by atomic mass is 10.1. The van der Waals surface area contributed by atoms with E-state index in [1.165, 1.54) is 17.0 Å². The smallest absolute Gasteiger partial charge is 0.371 e. The van der Waals surface area contributed by atoms with Gasteiger partial charge in [-0.05, 0) is 25.0 Å². The van der Waals surface area contributed by atoms with E-state index in [2.05, 4.69) is 5.32 Å². The molecule has 1 aromatic heterocycles. The van der Waals surface area contributed by atoms with Crippen LogP contribution in [0.5, 0.6) is 0 Å². The third kappa shape index (κ3) is 3.47. The molecule has 1 atom stereocenters. The number of carbonyl (C=O) groups excluding carboxylic acids is 1. The van der Waals surface area contributed by atoms with E-state index in [0.717, 1.165) is 6.42 Å². The summed E-state index contributed by atoms with van der Waals surface area (Å²) in [6.45, 7) is 1.06. The van der Waals surface area contributed by atoms with Crippen LogP contribution >= 0.6 is 0 Å². The van der Waals surface area contributed by atoms with E-state index >= 15 is 0 Å². The third-order valence-corrected chi connectivity index (χ3v) is 2.97. The maximum Gasteiger partial charge on any atom is 0.371 e. The number of furan rings is 1. The number of aliphatic hydroxyl groups is 1. The van der Waals surface area contributed by atoms with E-state index in [0.29, 0.717) is 25.3 Å². The number of urea groups is 1. The molecule has 3 N–H and O–H groups in total. The van der Waals surface area contributed by atoms with Gasteiger partial charge in [0.05, 0.1) is 12.6 Å². The number of β-amino-alcohol motifs (C(OH)–C–C–N with tert-alkyl or cyclic N) is 1. The summed E-state index contributed by atoms with van der Waals surface area (Å²) in [6.07, 6.45) is 1.02. The van der Waals surface area contributed by atoms with Crippen LogP contribution in [0.1, 0.15) is 29.2 Å². The van der Waals surface area contributed by atoms with Gasteiger partial charge in [-0.2, -0.15) is 0 Å². The Balaban J connectivity index is 1.84. The zero-order chi connectivity index (χ0) is 13.8. The minimum absolute atomic E-state index is 0.124. The molecular weight excluding hydrogens is 252 g/mol. The van der Waals surface area contributed by atoms with Crippen molar-refractivity contribution in [2.45, 2.75) is 25.5 Å². The molecule has 7 nitrogen and oxygen atoms in total. The van der Waals surface area contributed by atoms with Crippen LogP contribution in [-0.2, 0) is 6.54 Å². The van der Waals surface area contributed by atoms with E-state index in [1.807, 2.05) is 0 Å². The number of carboxylic acids is 1. The van der Waals surface area contributed by atoms with Crippen molar-refractivity contribution in [1.82, 2.24) is 10.2 Å². The molecule has 19 heavy (non-hydrogen) atoms. The zero-order valence-corrected chi connectivity index (χ0v) is 10.3. The molecular formula is C12H16N2O5. The number of aromatic carboxylic acids is 1. The molecule has 1 aromatic rings. The normalized spacial score (nSPS) is 19.2. The van der Waals surface area contributed by atoms with Crippen molar-refractivity contribution < 1.29 is 24.2 Å². The SMILES string of the molecule is O=C(O)c1ccc(CNC(=O)N2CCCC(O)C2)o1. The Morgan fingerprint density at radius 3 is 2.89 bits per heavy atom. The first-order valence-corrected chi connectivity index (χ1v) is 6.09. The second-order valence-corrected chi connectivity index (χ2v) is 4.47. The maximum atomic E-state index is 11.8. The highest BCUT2D eigenvalue weighted by atomic mass is 16.4. The number of carboxylic acid groups (broad SMARTS) is 1. The molecule has 0 spiro atoms. The predicted octanol–water partition coefficient (Wildman–Crippen LogP) is 0.644. The lowest BCUT2D eigenvalue weighted by Gasteiger charge is -2.29. The van der Waals surface area contributed by atoms with Crippen LogP contribution in [0.3, 0.4) is 0 Å². The molecule has 104 valence electrons. The van der Waals surface area contributed by atoms with Gasteiger partial charge >= 0.3 is 12.0 Å². The molecule has 2 amide bonds. The number of likely N-dealkylation sites (tertiary alicyclic amines) is 1. The van der Waals surface area contributed by atoms with Gasteiger partial charge < -0.3 is 24.8 Å². The van der Waals surface area contributed by atoms with E-state index in [4.69, 9.17) is 9.52 Å². The zero-order valence-electron chi connectivity index (χ0n) is 10.3. The molecule has 0 aliphatic carbocycles. The second-order valence-electron chi connectivity index (χ2n) is 4.47. The first-order chi connectivity index (χ1) is 9.06. The van der Waals surface area contributed by atoms with Gasteiger partial charge in [0.1, 0.15) is 5.76 Å². The number of hydrogen-bond acceptors (Lipinski definition) is 4. The summed E-state index contributed by atoms with van der Waals surface area (Å²) in [5.74, 6) is -0.919. The van der Waals surface area contributed by atoms with Crippen molar-refractivity contribution in [1.29, 1.82) is 0 Å². The van der Waals surface area contributed by atoms with Gasteiger partial charge in [-0.15, -0.1) is 0 Å². The van der Waals surface area contributed by atoms with Gasteiger partial charge in [-0.3, -0.25) is 0 Å². The first-order valence-electron chi connectivity index (χ1n) is 6.09. The molecule has 1 saturated heterocycles. The van der Waals surface area contributed by atoms with Gasteiger partial charge in [0.15, 0.2) is 0 Å².